The molecule has 0 aliphatic carbocycles. The summed E-state index contributed by atoms with van der Waals surface area (Å²) in [5.41, 5.74) is 11.4. The normalized spacial score (nSPS) is 14.7. The largest absolute Gasteiger partial charge is 0.309 e. The van der Waals surface area contributed by atoms with E-state index in [1.807, 2.05) is 48.5 Å². The van der Waals surface area contributed by atoms with Crippen LogP contribution in [-0.4, -0.2) is 9.55 Å². The first-order valence-corrected chi connectivity index (χ1v) is 20.4. The van der Waals surface area contributed by atoms with Crippen molar-refractivity contribution in [1.29, 1.82) is 0 Å². The fourth-order valence-electron chi connectivity index (χ4n) is 8.68. The van der Waals surface area contributed by atoms with E-state index in [1.165, 1.54) is 5.56 Å². The zero-order valence-electron chi connectivity index (χ0n) is 29.8. The molecule has 0 N–H and O–H groups in total. The van der Waals surface area contributed by atoms with Gasteiger partial charge in [0.15, 0.2) is 7.14 Å². The summed E-state index contributed by atoms with van der Waals surface area (Å²) < 4.78 is 18.5. The van der Waals surface area contributed by atoms with Crippen LogP contribution in [0.2, 0.25) is 0 Å². The molecule has 1 aliphatic rings. The highest BCUT2D eigenvalue weighted by Gasteiger charge is 2.42. The second-order valence-electron chi connectivity index (χ2n) is 14.2. The minimum absolute atomic E-state index is 0.854. The van der Waals surface area contributed by atoms with Crippen LogP contribution in [0.3, 0.4) is 0 Å². The molecule has 0 fully saturated rings. The Kier molecular flexibility index (Phi) is 7.14. The van der Waals surface area contributed by atoms with Gasteiger partial charge in [0.05, 0.1) is 28.1 Å². The van der Waals surface area contributed by atoms with Gasteiger partial charge in [-0.1, -0.05) is 182 Å². The molecule has 4 heteroatoms. The standard InChI is InChI=1S/C51H33N2OP/c54-55(40-19-8-3-9-20-40)48-23-13-12-22-42(48)43-30-31-47-49(51(43)55)44-29-28-36-16-10-11-21-41(36)50(44)53(47)39-32-45(37-17-6-2-7-18-37)52-46(33-39)38-26-24-35(25-27-38)34-14-4-1-5-15-34/h1-33H. The summed E-state index contributed by atoms with van der Waals surface area (Å²) >= 11 is 0. The molecule has 3 nitrogen and oxygen atoms in total. The first-order valence-electron chi connectivity index (χ1n) is 18.7. The monoisotopic (exact) mass is 720 g/mol. The maximum absolute atomic E-state index is 16.1. The number of hydrogen-bond acceptors (Lipinski definition) is 2. The van der Waals surface area contributed by atoms with Gasteiger partial charge in [0, 0.05) is 43.2 Å². The molecule has 0 saturated heterocycles. The van der Waals surface area contributed by atoms with Crippen LogP contribution < -0.4 is 15.9 Å². The van der Waals surface area contributed by atoms with E-state index < -0.39 is 7.14 Å². The Bertz CT molecular complexity index is 3150. The molecular formula is C51H33N2OP. The second kappa shape index (κ2) is 12.4. The van der Waals surface area contributed by atoms with E-state index in [0.717, 1.165) is 93.4 Å². The Morgan fingerprint density at radius 1 is 0.455 bits per heavy atom. The number of nitrogens with zero attached hydrogens (tertiary/aromatic N) is 2. The van der Waals surface area contributed by atoms with Crippen molar-refractivity contribution in [2.45, 2.75) is 0 Å². The minimum atomic E-state index is -3.26. The van der Waals surface area contributed by atoms with Gasteiger partial charge in [-0.2, -0.15) is 0 Å². The van der Waals surface area contributed by atoms with Crippen molar-refractivity contribution in [3.05, 3.63) is 200 Å². The summed E-state index contributed by atoms with van der Waals surface area (Å²) in [6, 6.07) is 69.8. The molecule has 1 atom stereocenters. The number of benzene rings is 8. The summed E-state index contributed by atoms with van der Waals surface area (Å²) in [5, 5.41) is 7.09. The molecule has 1 unspecified atom stereocenters. The molecule has 258 valence electrons. The van der Waals surface area contributed by atoms with Crippen LogP contribution in [0.4, 0.5) is 0 Å². The number of rotatable bonds is 5. The van der Waals surface area contributed by atoms with Crippen molar-refractivity contribution in [2.24, 2.45) is 0 Å². The van der Waals surface area contributed by atoms with E-state index in [1.54, 1.807) is 0 Å². The summed E-state index contributed by atoms with van der Waals surface area (Å²) in [6.45, 7) is 0. The van der Waals surface area contributed by atoms with Gasteiger partial charge in [-0.25, -0.2) is 4.98 Å². The van der Waals surface area contributed by atoms with Gasteiger partial charge in [0.1, 0.15) is 0 Å². The quantitative estimate of drug-likeness (QED) is 0.166. The van der Waals surface area contributed by atoms with Crippen LogP contribution in [-0.2, 0) is 4.57 Å². The first-order chi connectivity index (χ1) is 27.2. The fourth-order valence-corrected chi connectivity index (χ4v) is 12.0. The van der Waals surface area contributed by atoms with E-state index in [4.69, 9.17) is 4.98 Å². The van der Waals surface area contributed by atoms with Gasteiger partial charge in [-0.15, -0.1) is 0 Å². The Morgan fingerprint density at radius 2 is 1.04 bits per heavy atom. The maximum atomic E-state index is 16.1. The fraction of sp³-hybridized carbons (Fsp3) is 0. The lowest BCUT2D eigenvalue weighted by atomic mass is 10.0. The van der Waals surface area contributed by atoms with Gasteiger partial charge >= 0.3 is 0 Å². The lowest BCUT2D eigenvalue weighted by Gasteiger charge is -2.17. The van der Waals surface area contributed by atoms with Crippen molar-refractivity contribution < 1.29 is 4.57 Å². The van der Waals surface area contributed by atoms with Crippen LogP contribution in [0.1, 0.15) is 0 Å². The van der Waals surface area contributed by atoms with E-state index in [0.29, 0.717) is 0 Å². The average molecular weight is 721 g/mol. The molecule has 10 aromatic rings. The van der Waals surface area contributed by atoms with Crippen molar-refractivity contribution in [3.8, 4) is 50.5 Å². The lowest BCUT2D eigenvalue weighted by Crippen LogP contribution is -2.21. The summed E-state index contributed by atoms with van der Waals surface area (Å²) in [6.07, 6.45) is 0. The van der Waals surface area contributed by atoms with Gasteiger partial charge in [-0.3, -0.25) is 0 Å². The van der Waals surface area contributed by atoms with Crippen LogP contribution in [0.5, 0.6) is 0 Å². The molecule has 2 aromatic heterocycles. The topological polar surface area (TPSA) is 34.9 Å². The Hall–Kier alpha value is -6.80. The lowest BCUT2D eigenvalue weighted by molar-refractivity contribution is 0.593. The SMILES string of the molecule is O=P1(c2ccccc2)c2ccccc2-c2ccc3c(c21)c1ccc2ccccc2c1n3-c1cc(-c2ccccc2)nc(-c2ccc(-c3ccccc3)cc2)c1. The van der Waals surface area contributed by atoms with E-state index in [9.17, 15) is 0 Å². The van der Waals surface area contributed by atoms with E-state index in [2.05, 4.69) is 156 Å². The van der Waals surface area contributed by atoms with E-state index >= 15 is 4.57 Å². The third-order valence-corrected chi connectivity index (χ3v) is 14.4. The average Bonchev–Trinajstić information content (AvgIpc) is 3.75. The molecule has 1 aliphatic heterocycles. The van der Waals surface area contributed by atoms with Gasteiger partial charge in [0.25, 0.3) is 0 Å². The van der Waals surface area contributed by atoms with Gasteiger partial charge in [-0.05, 0) is 45.8 Å². The molecule has 0 bridgehead atoms. The predicted octanol–water partition coefficient (Wildman–Crippen LogP) is 12.0. The molecule has 0 saturated carbocycles. The smallest absolute Gasteiger partial charge is 0.172 e. The zero-order valence-corrected chi connectivity index (χ0v) is 30.7. The molecule has 11 rings (SSSR count). The van der Waals surface area contributed by atoms with Crippen molar-refractivity contribution >= 4 is 55.6 Å². The van der Waals surface area contributed by atoms with Gasteiger partial charge in [0.2, 0.25) is 0 Å². The minimum Gasteiger partial charge on any atom is -0.309 e. The van der Waals surface area contributed by atoms with Crippen LogP contribution in [0.15, 0.2) is 200 Å². The Labute approximate surface area is 319 Å². The van der Waals surface area contributed by atoms with Gasteiger partial charge < -0.3 is 9.13 Å². The predicted molar refractivity (Wildman–Crippen MR) is 231 cm³/mol. The third-order valence-electron chi connectivity index (χ3n) is 11.2. The van der Waals surface area contributed by atoms with Crippen LogP contribution in [0, 0.1) is 0 Å². The Balaban J connectivity index is 1.24. The first kappa shape index (κ1) is 31.7. The zero-order chi connectivity index (χ0) is 36.5. The number of hydrogen-bond donors (Lipinski definition) is 0. The van der Waals surface area contributed by atoms with Crippen LogP contribution in [0.25, 0.3) is 83.0 Å². The molecular weight excluding hydrogens is 688 g/mol. The van der Waals surface area contributed by atoms with Crippen molar-refractivity contribution in [2.75, 3.05) is 0 Å². The summed E-state index contributed by atoms with van der Waals surface area (Å²) in [5.74, 6) is 0. The number of aromatic nitrogens is 2. The highest BCUT2D eigenvalue weighted by atomic mass is 31.2. The molecule has 0 radical (unpaired) electrons. The van der Waals surface area contributed by atoms with Crippen molar-refractivity contribution in [3.63, 3.8) is 0 Å². The van der Waals surface area contributed by atoms with Crippen molar-refractivity contribution in [1.82, 2.24) is 9.55 Å². The second-order valence-corrected chi connectivity index (χ2v) is 16.9. The molecule has 3 heterocycles. The Morgan fingerprint density at radius 3 is 1.78 bits per heavy atom. The third kappa shape index (κ3) is 4.84. The highest BCUT2D eigenvalue weighted by Crippen LogP contribution is 2.55. The van der Waals surface area contributed by atoms with Crippen LogP contribution >= 0.6 is 7.14 Å². The highest BCUT2D eigenvalue weighted by molar-refractivity contribution is 7.86. The molecule has 0 spiro atoms. The maximum Gasteiger partial charge on any atom is 0.172 e. The molecule has 8 aromatic carbocycles. The molecule has 55 heavy (non-hydrogen) atoms. The van der Waals surface area contributed by atoms with E-state index in [-0.39, 0.29) is 0 Å². The summed E-state index contributed by atoms with van der Waals surface area (Å²) in [7, 11) is -3.26. The summed E-state index contributed by atoms with van der Waals surface area (Å²) in [4.78, 5) is 5.30. The number of pyridine rings is 1. The number of fused-ring (bicyclic) bond motifs is 9. The molecule has 0 amide bonds.